The number of nitrogens with zero attached hydrogens (tertiary/aromatic N) is 3. The molecule has 1 aromatic heterocycles. The molecule has 1 aromatic rings. The van der Waals surface area contributed by atoms with E-state index in [1.54, 1.807) is 32.5 Å². The highest BCUT2D eigenvalue weighted by atomic mass is 32.2. The largest absolute Gasteiger partial charge is 0.444 e. The van der Waals surface area contributed by atoms with Crippen molar-refractivity contribution in [1.82, 2.24) is 20.6 Å². The molecule has 1 fully saturated rings. The lowest BCUT2D eigenvalue weighted by Gasteiger charge is -2.33. The normalized spacial score (nSPS) is 16.1. The maximum atomic E-state index is 12.8. The Morgan fingerprint density at radius 3 is 2.43 bits per heavy atom. The summed E-state index contributed by atoms with van der Waals surface area (Å²) in [4.78, 5) is 36.0. The first-order valence-electron chi connectivity index (χ1n) is 10.6. The van der Waals surface area contributed by atoms with Crippen molar-refractivity contribution in [1.29, 1.82) is 0 Å². The van der Waals surface area contributed by atoms with Crippen LogP contribution < -0.4 is 15.5 Å². The van der Waals surface area contributed by atoms with Gasteiger partial charge in [-0.25, -0.2) is 14.8 Å². The summed E-state index contributed by atoms with van der Waals surface area (Å²) >= 11 is 1.64. The highest BCUT2D eigenvalue weighted by molar-refractivity contribution is 7.98. The van der Waals surface area contributed by atoms with Crippen LogP contribution in [0, 0.1) is 0 Å². The van der Waals surface area contributed by atoms with Crippen molar-refractivity contribution in [3.05, 3.63) is 18.0 Å². The Morgan fingerprint density at radius 2 is 1.90 bits per heavy atom. The van der Waals surface area contributed by atoms with Crippen LogP contribution >= 0.6 is 11.8 Å². The number of carbonyl (C=O) groups excluding carboxylic acids is 2. The number of thioether (sulfide) groups is 1. The Balaban J connectivity index is 1.86. The standard InChI is InChI=1S/C21H35N5O3S/c1-6-15-13-22-19(23-14-15)26-10-7-16(8-11-26)24-18(27)17(9-12-30-5)25-20(28)29-21(2,3)4/h13-14,16-17H,6-12H2,1-5H3,(H,24,27)(H,25,28). The lowest BCUT2D eigenvalue weighted by atomic mass is 10.0. The fraction of sp³-hybridized carbons (Fsp3) is 0.714. The molecule has 0 aromatic carbocycles. The molecule has 0 saturated carbocycles. The molecular weight excluding hydrogens is 402 g/mol. The van der Waals surface area contributed by atoms with E-state index in [2.05, 4.69) is 32.4 Å². The summed E-state index contributed by atoms with van der Waals surface area (Å²) in [7, 11) is 0. The van der Waals surface area contributed by atoms with Gasteiger partial charge in [0.2, 0.25) is 11.9 Å². The van der Waals surface area contributed by atoms with Crippen molar-refractivity contribution in [3.63, 3.8) is 0 Å². The van der Waals surface area contributed by atoms with E-state index in [0.717, 1.165) is 49.6 Å². The first kappa shape index (κ1) is 24.2. The van der Waals surface area contributed by atoms with Crippen LogP contribution in [0.4, 0.5) is 10.7 Å². The van der Waals surface area contributed by atoms with Crippen LogP contribution in [0.25, 0.3) is 0 Å². The number of hydrogen-bond acceptors (Lipinski definition) is 7. The molecule has 0 aliphatic carbocycles. The van der Waals surface area contributed by atoms with E-state index < -0.39 is 17.7 Å². The Labute approximate surface area is 183 Å². The molecule has 0 radical (unpaired) electrons. The van der Waals surface area contributed by atoms with Gasteiger partial charge < -0.3 is 20.3 Å². The molecule has 2 heterocycles. The fourth-order valence-electron chi connectivity index (χ4n) is 3.17. The van der Waals surface area contributed by atoms with E-state index in [4.69, 9.17) is 4.74 Å². The average molecular weight is 438 g/mol. The minimum Gasteiger partial charge on any atom is -0.444 e. The molecule has 8 nitrogen and oxygen atoms in total. The van der Waals surface area contributed by atoms with Crippen molar-refractivity contribution < 1.29 is 14.3 Å². The number of aromatic nitrogens is 2. The first-order valence-corrected chi connectivity index (χ1v) is 12.0. The molecule has 1 aliphatic heterocycles. The fourth-order valence-corrected chi connectivity index (χ4v) is 3.65. The molecule has 0 spiro atoms. The molecular formula is C21H35N5O3S. The quantitative estimate of drug-likeness (QED) is 0.645. The van der Waals surface area contributed by atoms with Gasteiger partial charge in [-0.05, 0) is 64.0 Å². The van der Waals surface area contributed by atoms with Crippen molar-refractivity contribution >= 4 is 29.7 Å². The summed E-state index contributed by atoms with van der Waals surface area (Å²) in [6.07, 6.45) is 8.26. The second-order valence-corrected chi connectivity index (χ2v) is 9.48. The molecule has 1 unspecified atom stereocenters. The third kappa shape index (κ3) is 8.01. The van der Waals surface area contributed by atoms with E-state index in [-0.39, 0.29) is 11.9 Å². The van der Waals surface area contributed by atoms with Crippen molar-refractivity contribution in [2.24, 2.45) is 0 Å². The topological polar surface area (TPSA) is 96.5 Å². The molecule has 168 valence electrons. The summed E-state index contributed by atoms with van der Waals surface area (Å²) in [6, 6.07) is -0.531. The van der Waals surface area contributed by atoms with Crippen LogP contribution in [0.1, 0.15) is 52.5 Å². The number of carbonyl (C=O) groups is 2. The second-order valence-electron chi connectivity index (χ2n) is 8.50. The van der Waals surface area contributed by atoms with E-state index in [1.165, 1.54) is 0 Å². The number of ether oxygens (including phenoxy) is 1. The first-order chi connectivity index (χ1) is 14.2. The van der Waals surface area contributed by atoms with E-state index >= 15 is 0 Å². The van der Waals surface area contributed by atoms with Gasteiger partial charge in [-0.2, -0.15) is 11.8 Å². The molecule has 0 bridgehead atoms. The molecule has 9 heteroatoms. The van der Waals surface area contributed by atoms with Gasteiger partial charge >= 0.3 is 6.09 Å². The summed E-state index contributed by atoms with van der Waals surface area (Å²) in [5, 5.41) is 5.83. The van der Waals surface area contributed by atoms with Crippen LogP contribution in [0.3, 0.4) is 0 Å². The number of hydrogen-bond donors (Lipinski definition) is 2. The Hall–Kier alpha value is -2.03. The summed E-state index contributed by atoms with van der Waals surface area (Å²) in [5.74, 6) is 1.36. The lowest BCUT2D eigenvalue weighted by Crippen LogP contribution is -2.53. The van der Waals surface area contributed by atoms with Crippen LogP contribution in [0.2, 0.25) is 0 Å². The van der Waals surface area contributed by atoms with Gasteiger partial charge in [0.25, 0.3) is 0 Å². The number of piperidine rings is 1. The van der Waals surface area contributed by atoms with Gasteiger partial charge in [0.15, 0.2) is 0 Å². The predicted octanol–water partition coefficient (Wildman–Crippen LogP) is 2.77. The van der Waals surface area contributed by atoms with Gasteiger partial charge in [-0.1, -0.05) is 6.92 Å². The maximum absolute atomic E-state index is 12.8. The maximum Gasteiger partial charge on any atom is 0.408 e. The van der Waals surface area contributed by atoms with Gasteiger partial charge in [-0.3, -0.25) is 4.79 Å². The zero-order valence-electron chi connectivity index (χ0n) is 18.7. The van der Waals surface area contributed by atoms with Crippen LogP contribution in [-0.2, 0) is 16.0 Å². The number of amides is 2. The van der Waals surface area contributed by atoms with Crippen LogP contribution in [0.5, 0.6) is 0 Å². The SMILES string of the molecule is CCc1cnc(N2CCC(NC(=O)C(CCSC)NC(=O)OC(C)(C)C)CC2)nc1. The Morgan fingerprint density at radius 1 is 1.27 bits per heavy atom. The van der Waals surface area contributed by atoms with Gasteiger partial charge in [0, 0.05) is 31.5 Å². The molecule has 2 rings (SSSR count). The molecule has 1 aliphatic rings. The highest BCUT2D eigenvalue weighted by Gasteiger charge is 2.28. The molecule has 30 heavy (non-hydrogen) atoms. The average Bonchev–Trinajstić information content (AvgIpc) is 2.70. The zero-order valence-corrected chi connectivity index (χ0v) is 19.6. The van der Waals surface area contributed by atoms with Crippen LogP contribution in [0.15, 0.2) is 12.4 Å². The van der Waals surface area contributed by atoms with Gasteiger partial charge in [0.1, 0.15) is 11.6 Å². The smallest absolute Gasteiger partial charge is 0.408 e. The number of aryl methyl sites for hydroxylation is 1. The highest BCUT2D eigenvalue weighted by Crippen LogP contribution is 2.16. The van der Waals surface area contributed by atoms with Crippen molar-refractivity contribution in [2.45, 2.75) is 71.1 Å². The van der Waals surface area contributed by atoms with Gasteiger partial charge in [-0.15, -0.1) is 0 Å². The minimum atomic E-state index is -0.602. The molecule has 1 saturated heterocycles. The third-order valence-electron chi connectivity index (χ3n) is 4.84. The lowest BCUT2D eigenvalue weighted by molar-refractivity contribution is -0.124. The zero-order chi connectivity index (χ0) is 22.1. The molecule has 2 N–H and O–H groups in total. The van der Waals surface area contributed by atoms with E-state index in [1.807, 2.05) is 18.6 Å². The van der Waals surface area contributed by atoms with Crippen LogP contribution in [-0.4, -0.2) is 64.8 Å². The van der Waals surface area contributed by atoms with Gasteiger partial charge in [0.05, 0.1) is 0 Å². The third-order valence-corrected chi connectivity index (χ3v) is 5.49. The molecule has 2 amide bonds. The summed E-state index contributed by atoms with van der Waals surface area (Å²) in [5.41, 5.74) is 0.518. The number of nitrogens with one attached hydrogen (secondary N) is 2. The second kappa shape index (κ2) is 11.4. The molecule has 1 atom stereocenters. The number of alkyl carbamates (subject to hydrolysis) is 1. The number of rotatable bonds is 8. The number of anilines is 1. The van der Waals surface area contributed by atoms with Crippen molar-refractivity contribution in [2.75, 3.05) is 30.0 Å². The monoisotopic (exact) mass is 437 g/mol. The summed E-state index contributed by atoms with van der Waals surface area (Å²) < 4.78 is 5.31. The minimum absolute atomic E-state index is 0.0703. The van der Waals surface area contributed by atoms with E-state index in [9.17, 15) is 9.59 Å². The Kier molecular flexibility index (Phi) is 9.20. The summed E-state index contributed by atoms with van der Waals surface area (Å²) in [6.45, 7) is 9.05. The predicted molar refractivity (Wildman–Crippen MR) is 121 cm³/mol. The van der Waals surface area contributed by atoms with Crippen molar-refractivity contribution in [3.8, 4) is 0 Å². The Bertz CT molecular complexity index is 685. The van der Waals surface area contributed by atoms with E-state index in [0.29, 0.717) is 6.42 Å².